The van der Waals surface area contributed by atoms with Gasteiger partial charge in [0.2, 0.25) is 5.01 Å². The lowest BCUT2D eigenvalue weighted by atomic mass is 10.1. The number of halogens is 1. The molecule has 0 aliphatic carbocycles. The molecule has 1 aromatic heterocycles. The van der Waals surface area contributed by atoms with Crippen molar-refractivity contribution < 1.29 is 9.53 Å². The Hall–Kier alpha value is -1.91. The summed E-state index contributed by atoms with van der Waals surface area (Å²) in [5, 5.41) is 1.05. The van der Waals surface area contributed by atoms with Gasteiger partial charge in [0.25, 0.3) is 0 Å². The van der Waals surface area contributed by atoms with Crippen molar-refractivity contribution in [2.45, 2.75) is 0 Å². The van der Waals surface area contributed by atoms with Crippen molar-refractivity contribution in [3.63, 3.8) is 0 Å². The van der Waals surface area contributed by atoms with Crippen LogP contribution in [-0.4, -0.2) is 18.1 Å². The summed E-state index contributed by atoms with van der Waals surface area (Å²) < 4.78 is 5.63. The first-order chi connectivity index (χ1) is 9.69. The molecular formula is C15H10ClNO2S. The van der Waals surface area contributed by atoms with Gasteiger partial charge in [-0.2, -0.15) is 0 Å². The second-order valence-corrected chi connectivity index (χ2v) is 5.61. The van der Waals surface area contributed by atoms with Gasteiger partial charge < -0.3 is 4.74 Å². The molecule has 2 aromatic carbocycles. The van der Waals surface area contributed by atoms with Crippen molar-refractivity contribution in [3.8, 4) is 11.1 Å². The van der Waals surface area contributed by atoms with Crippen molar-refractivity contribution in [1.82, 2.24) is 4.98 Å². The third kappa shape index (κ3) is 2.28. The number of thiazole rings is 1. The molecule has 0 saturated heterocycles. The quantitative estimate of drug-likeness (QED) is 0.659. The first kappa shape index (κ1) is 13.1. The van der Waals surface area contributed by atoms with Crippen molar-refractivity contribution in [1.29, 1.82) is 0 Å². The van der Waals surface area contributed by atoms with E-state index in [9.17, 15) is 4.79 Å². The SMILES string of the molecule is COC(=O)c1nc2cc(-c3ccccc3Cl)ccc2s1. The topological polar surface area (TPSA) is 39.2 Å². The van der Waals surface area contributed by atoms with E-state index in [-0.39, 0.29) is 0 Å². The van der Waals surface area contributed by atoms with Crippen molar-refractivity contribution in [3.05, 3.63) is 52.5 Å². The minimum absolute atomic E-state index is 0.360. The normalized spacial score (nSPS) is 10.7. The van der Waals surface area contributed by atoms with Crippen LogP contribution in [0.1, 0.15) is 9.80 Å². The van der Waals surface area contributed by atoms with Gasteiger partial charge in [0, 0.05) is 10.6 Å². The molecule has 3 aromatic rings. The maximum Gasteiger partial charge on any atom is 0.367 e. The van der Waals surface area contributed by atoms with E-state index < -0.39 is 5.97 Å². The Morgan fingerprint density at radius 1 is 1.25 bits per heavy atom. The lowest BCUT2D eigenvalue weighted by Crippen LogP contribution is -1.99. The van der Waals surface area contributed by atoms with E-state index >= 15 is 0 Å². The zero-order chi connectivity index (χ0) is 14.1. The Balaban J connectivity index is 2.11. The summed E-state index contributed by atoms with van der Waals surface area (Å²) in [5.41, 5.74) is 2.70. The lowest BCUT2D eigenvalue weighted by Gasteiger charge is -2.03. The van der Waals surface area contributed by atoms with Gasteiger partial charge in [-0.3, -0.25) is 0 Å². The highest BCUT2D eigenvalue weighted by Gasteiger charge is 2.13. The lowest BCUT2D eigenvalue weighted by molar-refractivity contribution is 0.0600. The molecule has 0 aliphatic heterocycles. The van der Waals surface area contributed by atoms with Crippen LogP contribution < -0.4 is 0 Å². The molecular weight excluding hydrogens is 294 g/mol. The first-order valence-electron chi connectivity index (χ1n) is 5.93. The van der Waals surface area contributed by atoms with Crippen molar-refractivity contribution in [2.24, 2.45) is 0 Å². The van der Waals surface area contributed by atoms with Gasteiger partial charge in [0.1, 0.15) is 0 Å². The number of hydrogen-bond acceptors (Lipinski definition) is 4. The van der Waals surface area contributed by atoms with E-state index in [0.29, 0.717) is 10.0 Å². The molecule has 3 nitrogen and oxygen atoms in total. The molecule has 0 aliphatic rings. The maximum absolute atomic E-state index is 11.5. The molecule has 1 heterocycles. The number of hydrogen-bond donors (Lipinski definition) is 0. The number of ether oxygens (including phenoxy) is 1. The predicted octanol–water partition coefficient (Wildman–Crippen LogP) is 4.40. The van der Waals surface area contributed by atoms with Gasteiger partial charge in [-0.05, 0) is 23.8 Å². The number of methoxy groups -OCH3 is 1. The number of benzene rings is 2. The molecule has 0 atom stereocenters. The zero-order valence-electron chi connectivity index (χ0n) is 10.6. The Morgan fingerprint density at radius 2 is 2.05 bits per heavy atom. The van der Waals surface area contributed by atoms with Gasteiger partial charge in [0.15, 0.2) is 0 Å². The van der Waals surface area contributed by atoms with Crippen molar-refractivity contribution >= 4 is 39.1 Å². The zero-order valence-corrected chi connectivity index (χ0v) is 12.2. The molecule has 100 valence electrons. The molecule has 3 rings (SSSR count). The van der Waals surface area contributed by atoms with Crippen LogP contribution in [0.4, 0.5) is 0 Å². The number of esters is 1. The summed E-state index contributed by atoms with van der Waals surface area (Å²) in [4.78, 5) is 15.8. The van der Waals surface area contributed by atoms with E-state index in [2.05, 4.69) is 9.72 Å². The maximum atomic E-state index is 11.5. The molecule has 0 saturated carbocycles. The fraction of sp³-hybridized carbons (Fsp3) is 0.0667. The third-order valence-corrected chi connectivity index (χ3v) is 4.28. The summed E-state index contributed by atoms with van der Waals surface area (Å²) in [5.74, 6) is -0.412. The molecule has 0 fully saturated rings. The molecule has 0 amide bonds. The number of nitrogens with zero attached hydrogens (tertiary/aromatic N) is 1. The van der Waals surface area contributed by atoms with Crippen LogP contribution in [0.25, 0.3) is 21.3 Å². The number of fused-ring (bicyclic) bond motifs is 1. The molecule has 5 heteroatoms. The standard InChI is InChI=1S/C15H10ClNO2S/c1-19-15(18)14-17-12-8-9(6-7-13(12)20-14)10-4-2-3-5-11(10)16/h2-8H,1H3. The van der Waals surface area contributed by atoms with Crippen LogP contribution in [0, 0.1) is 0 Å². The number of rotatable bonds is 2. The number of carbonyl (C=O) groups is 1. The average Bonchev–Trinajstić information content (AvgIpc) is 2.90. The van der Waals surface area contributed by atoms with E-state index in [1.807, 2.05) is 42.5 Å². The van der Waals surface area contributed by atoms with Gasteiger partial charge in [0.05, 0.1) is 17.3 Å². The predicted molar refractivity (Wildman–Crippen MR) is 81.4 cm³/mol. The largest absolute Gasteiger partial charge is 0.464 e. The average molecular weight is 304 g/mol. The highest BCUT2D eigenvalue weighted by Crippen LogP contribution is 2.31. The molecule has 0 N–H and O–H groups in total. The van der Waals surface area contributed by atoms with Crippen LogP contribution >= 0.6 is 22.9 Å². The second-order valence-electron chi connectivity index (χ2n) is 4.17. The fourth-order valence-electron chi connectivity index (χ4n) is 1.96. The van der Waals surface area contributed by atoms with Crippen LogP contribution in [0.2, 0.25) is 5.02 Å². The van der Waals surface area contributed by atoms with E-state index in [1.54, 1.807) is 0 Å². The minimum Gasteiger partial charge on any atom is -0.464 e. The fourth-order valence-corrected chi connectivity index (χ4v) is 3.07. The molecule has 0 unspecified atom stereocenters. The Labute approximate surface area is 124 Å². The Morgan fingerprint density at radius 3 is 2.80 bits per heavy atom. The van der Waals surface area contributed by atoms with Gasteiger partial charge in [-0.1, -0.05) is 35.9 Å². The first-order valence-corrected chi connectivity index (χ1v) is 7.12. The van der Waals surface area contributed by atoms with Gasteiger partial charge in [-0.15, -0.1) is 11.3 Å². The molecule has 0 spiro atoms. The van der Waals surface area contributed by atoms with Crippen LogP contribution in [0.3, 0.4) is 0 Å². The van der Waals surface area contributed by atoms with E-state index in [1.165, 1.54) is 18.4 Å². The van der Waals surface area contributed by atoms with Crippen LogP contribution in [0.5, 0.6) is 0 Å². The van der Waals surface area contributed by atoms with Crippen LogP contribution in [0.15, 0.2) is 42.5 Å². The summed E-state index contributed by atoms with van der Waals surface area (Å²) in [6.45, 7) is 0. The summed E-state index contributed by atoms with van der Waals surface area (Å²) >= 11 is 7.52. The van der Waals surface area contributed by atoms with Gasteiger partial charge in [-0.25, -0.2) is 9.78 Å². The number of aromatic nitrogens is 1. The summed E-state index contributed by atoms with van der Waals surface area (Å²) in [7, 11) is 1.35. The molecule has 20 heavy (non-hydrogen) atoms. The number of carbonyl (C=O) groups excluding carboxylic acids is 1. The smallest absolute Gasteiger partial charge is 0.367 e. The van der Waals surface area contributed by atoms with Crippen LogP contribution in [-0.2, 0) is 4.74 Å². The second kappa shape index (κ2) is 5.23. The van der Waals surface area contributed by atoms with E-state index in [0.717, 1.165) is 21.3 Å². The summed E-state index contributed by atoms with van der Waals surface area (Å²) in [6.07, 6.45) is 0. The summed E-state index contributed by atoms with van der Waals surface area (Å²) in [6, 6.07) is 13.5. The monoisotopic (exact) mass is 303 g/mol. The Kier molecular flexibility index (Phi) is 3.42. The van der Waals surface area contributed by atoms with Crippen molar-refractivity contribution in [2.75, 3.05) is 7.11 Å². The molecule has 0 radical (unpaired) electrons. The highest BCUT2D eigenvalue weighted by molar-refractivity contribution is 7.20. The van der Waals surface area contributed by atoms with E-state index in [4.69, 9.17) is 11.6 Å². The Bertz CT molecular complexity index is 797. The third-order valence-electron chi connectivity index (χ3n) is 2.93. The minimum atomic E-state index is -0.412. The van der Waals surface area contributed by atoms with Gasteiger partial charge >= 0.3 is 5.97 Å². The highest BCUT2D eigenvalue weighted by atomic mass is 35.5. The molecule has 0 bridgehead atoms.